The van der Waals surface area contributed by atoms with Crippen LogP contribution >= 0.6 is 0 Å². The van der Waals surface area contributed by atoms with Gasteiger partial charge < -0.3 is 10.0 Å². The zero-order valence-electron chi connectivity index (χ0n) is 15.8. The molecule has 1 heterocycles. The van der Waals surface area contributed by atoms with Crippen LogP contribution in [0.15, 0.2) is 30.3 Å². The zero-order chi connectivity index (χ0) is 17.6. The van der Waals surface area contributed by atoms with Gasteiger partial charge in [0.1, 0.15) is 6.54 Å². The van der Waals surface area contributed by atoms with Gasteiger partial charge in [-0.15, -0.1) is 0 Å². The van der Waals surface area contributed by atoms with E-state index in [1.807, 2.05) is 18.2 Å². The molecule has 1 unspecified atom stereocenters. The summed E-state index contributed by atoms with van der Waals surface area (Å²) in [6.45, 7) is 5.56. The number of rotatable bonds is 4. The first-order chi connectivity index (χ1) is 12.2. The number of nitrogens with one attached hydrogen (secondary N) is 1. The molecule has 0 spiro atoms. The maximum Gasteiger partial charge on any atom is 0.156 e. The number of aliphatic hydroxyl groups is 1. The van der Waals surface area contributed by atoms with Crippen molar-refractivity contribution in [3.05, 3.63) is 35.9 Å². The topological polar surface area (TPSA) is 24.7 Å². The van der Waals surface area contributed by atoms with E-state index in [-0.39, 0.29) is 5.41 Å². The minimum absolute atomic E-state index is 0.0878. The fourth-order valence-corrected chi connectivity index (χ4v) is 4.92. The lowest BCUT2D eigenvalue weighted by Gasteiger charge is -2.41. The molecule has 2 fully saturated rings. The maximum atomic E-state index is 11.8. The van der Waals surface area contributed by atoms with Gasteiger partial charge in [0, 0.05) is 5.41 Å². The summed E-state index contributed by atoms with van der Waals surface area (Å²) in [5.41, 5.74) is -0.114. The highest BCUT2D eigenvalue weighted by molar-refractivity contribution is 5.36. The van der Waals surface area contributed by atoms with Crippen molar-refractivity contribution in [1.82, 2.24) is 0 Å². The molecule has 1 aliphatic carbocycles. The van der Waals surface area contributed by atoms with E-state index in [1.54, 1.807) is 4.90 Å². The first kappa shape index (κ1) is 18.5. The normalized spacial score (nSPS) is 23.3. The highest BCUT2D eigenvalue weighted by Crippen LogP contribution is 2.53. The van der Waals surface area contributed by atoms with Crippen LogP contribution in [0, 0.1) is 17.3 Å². The van der Waals surface area contributed by atoms with Crippen molar-refractivity contribution in [2.45, 2.75) is 70.3 Å². The number of hydrogen-bond donors (Lipinski definition) is 2. The van der Waals surface area contributed by atoms with Crippen molar-refractivity contribution in [3.63, 3.8) is 0 Å². The van der Waals surface area contributed by atoms with E-state index in [9.17, 15) is 5.11 Å². The molecule has 1 aliphatic heterocycles. The van der Waals surface area contributed by atoms with Gasteiger partial charge in [0.15, 0.2) is 5.60 Å². The molecule has 2 N–H and O–H groups in total. The van der Waals surface area contributed by atoms with Gasteiger partial charge in [-0.25, -0.2) is 0 Å². The average Bonchev–Trinajstić information content (AvgIpc) is 3.01. The summed E-state index contributed by atoms with van der Waals surface area (Å²) in [6, 6.07) is 10.2. The molecule has 25 heavy (non-hydrogen) atoms. The average molecular weight is 341 g/mol. The molecule has 0 radical (unpaired) electrons. The maximum absolute atomic E-state index is 11.8. The van der Waals surface area contributed by atoms with Crippen molar-refractivity contribution in [1.29, 1.82) is 0 Å². The lowest BCUT2D eigenvalue weighted by atomic mass is 9.65. The molecule has 1 aromatic carbocycles. The van der Waals surface area contributed by atoms with Crippen LogP contribution in [0.3, 0.4) is 0 Å². The van der Waals surface area contributed by atoms with Gasteiger partial charge in [0.25, 0.3) is 0 Å². The first-order valence-electron chi connectivity index (χ1n) is 10.3. The highest BCUT2D eigenvalue weighted by atomic mass is 16.3. The van der Waals surface area contributed by atoms with E-state index in [0.717, 1.165) is 31.4 Å². The summed E-state index contributed by atoms with van der Waals surface area (Å²) >= 11 is 0. The lowest BCUT2D eigenvalue weighted by Crippen LogP contribution is -3.11. The Morgan fingerprint density at radius 1 is 1.00 bits per heavy atom. The Kier molecular flexibility index (Phi) is 6.20. The quantitative estimate of drug-likeness (QED) is 0.808. The zero-order valence-corrected chi connectivity index (χ0v) is 15.8. The molecule has 136 valence electrons. The molecule has 1 aromatic rings. The van der Waals surface area contributed by atoms with Gasteiger partial charge in [-0.1, -0.05) is 56.0 Å². The van der Waals surface area contributed by atoms with E-state index in [0.29, 0.717) is 0 Å². The predicted molar refractivity (Wildman–Crippen MR) is 103 cm³/mol. The van der Waals surface area contributed by atoms with Crippen LogP contribution in [0.25, 0.3) is 0 Å². The first-order valence-corrected chi connectivity index (χ1v) is 10.3. The standard InChI is InChI=1S/C23H33NO/c1-2-22(15-8-9-16-22)23(25,21-13-6-5-7-14-21)17-12-20-24-18-10-3-4-11-19-24/h5-7,13-14,25H,2-4,8-11,15-16,18-20H2,1H3/p+1. The van der Waals surface area contributed by atoms with E-state index in [4.69, 9.17) is 0 Å². The Hall–Kier alpha value is -1.30. The van der Waals surface area contributed by atoms with Crippen LogP contribution in [0.4, 0.5) is 0 Å². The number of hydrogen-bond acceptors (Lipinski definition) is 1. The molecule has 1 saturated carbocycles. The Labute approximate surface area is 153 Å². The number of likely N-dealkylation sites (tertiary alicyclic amines) is 1. The monoisotopic (exact) mass is 340 g/mol. The summed E-state index contributed by atoms with van der Waals surface area (Å²) in [4.78, 5) is 1.59. The Bertz CT molecular complexity index is 586. The lowest BCUT2D eigenvalue weighted by molar-refractivity contribution is -0.891. The van der Waals surface area contributed by atoms with Gasteiger partial charge in [-0.2, -0.15) is 0 Å². The van der Waals surface area contributed by atoms with Crippen LogP contribution in [-0.4, -0.2) is 24.7 Å². The van der Waals surface area contributed by atoms with Gasteiger partial charge >= 0.3 is 0 Å². The Morgan fingerprint density at radius 2 is 1.64 bits per heavy atom. The smallest absolute Gasteiger partial charge is 0.156 e. The van der Waals surface area contributed by atoms with E-state index in [1.165, 1.54) is 51.6 Å². The predicted octanol–water partition coefficient (Wildman–Crippen LogP) is 3.31. The molecule has 0 aromatic heterocycles. The summed E-state index contributed by atoms with van der Waals surface area (Å²) in [5.74, 6) is 6.82. The largest absolute Gasteiger partial charge is 0.373 e. The summed E-state index contributed by atoms with van der Waals surface area (Å²) in [6.07, 6.45) is 10.9. The minimum Gasteiger partial charge on any atom is -0.373 e. The van der Waals surface area contributed by atoms with Crippen LogP contribution in [0.5, 0.6) is 0 Å². The second-order valence-electron chi connectivity index (χ2n) is 8.06. The minimum atomic E-state index is -1.01. The number of quaternary nitrogens is 1. The SMILES string of the molecule is CCC1(C(O)(C#CC[NH+]2CCCCCC2)c2ccccc2)CCCC1. The molecule has 3 rings (SSSR count). The second kappa shape index (κ2) is 8.39. The van der Waals surface area contributed by atoms with Crippen LogP contribution in [-0.2, 0) is 5.60 Å². The van der Waals surface area contributed by atoms with Crippen molar-refractivity contribution in [2.75, 3.05) is 19.6 Å². The van der Waals surface area contributed by atoms with Gasteiger partial charge in [0.05, 0.1) is 13.1 Å². The van der Waals surface area contributed by atoms with Crippen LogP contribution < -0.4 is 4.90 Å². The van der Waals surface area contributed by atoms with Crippen molar-refractivity contribution < 1.29 is 10.0 Å². The fraction of sp³-hybridized carbons (Fsp3) is 0.652. The molecule has 0 amide bonds. The fourth-order valence-electron chi connectivity index (χ4n) is 4.92. The second-order valence-corrected chi connectivity index (χ2v) is 8.06. The van der Waals surface area contributed by atoms with Crippen LogP contribution in [0.1, 0.15) is 70.3 Å². The van der Waals surface area contributed by atoms with Crippen molar-refractivity contribution in [2.24, 2.45) is 5.41 Å². The highest BCUT2D eigenvalue weighted by Gasteiger charge is 2.50. The van der Waals surface area contributed by atoms with Crippen LogP contribution in [0.2, 0.25) is 0 Å². The Balaban J connectivity index is 1.86. The molecule has 2 heteroatoms. The van der Waals surface area contributed by atoms with E-state index < -0.39 is 5.60 Å². The third-order valence-electron chi connectivity index (χ3n) is 6.61. The van der Waals surface area contributed by atoms with Crippen molar-refractivity contribution in [3.8, 4) is 11.8 Å². The molecule has 2 aliphatic rings. The van der Waals surface area contributed by atoms with Gasteiger partial charge in [0.2, 0.25) is 0 Å². The molecular weight excluding hydrogens is 306 g/mol. The summed E-state index contributed by atoms with van der Waals surface area (Å²) in [5, 5.41) is 11.8. The Morgan fingerprint density at radius 3 is 2.24 bits per heavy atom. The van der Waals surface area contributed by atoms with Gasteiger partial charge in [-0.3, -0.25) is 0 Å². The van der Waals surface area contributed by atoms with E-state index in [2.05, 4.69) is 30.9 Å². The molecule has 1 saturated heterocycles. The molecule has 2 nitrogen and oxygen atoms in total. The summed E-state index contributed by atoms with van der Waals surface area (Å²) in [7, 11) is 0. The van der Waals surface area contributed by atoms with Gasteiger partial charge in [-0.05, 0) is 56.4 Å². The van der Waals surface area contributed by atoms with E-state index >= 15 is 0 Å². The molecule has 1 atom stereocenters. The third-order valence-corrected chi connectivity index (χ3v) is 6.61. The molecule has 0 bridgehead atoms. The summed E-state index contributed by atoms with van der Waals surface area (Å²) < 4.78 is 0. The molecular formula is C23H34NO+. The number of benzene rings is 1. The third kappa shape index (κ3) is 3.94. The van der Waals surface area contributed by atoms with Crippen molar-refractivity contribution >= 4 is 0 Å².